The summed E-state index contributed by atoms with van der Waals surface area (Å²) in [6, 6.07) is 7.77. The maximum atomic E-state index is 12.1. The second kappa shape index (κ2) is 6.50. The van der Waals surface area contributed by atoms with E-state index in [1.165, 1.54) is 5.56 Å². The highest BCUT2D eigenvalue weighted by Gasteiger charge is 2.20. The average Bonchev–Trinajstić information content (AvgIpc) is 2.42. The minimum absolute atomic E-state index is 0.0401. The summed E-state index contributed by atoms with van der Waals surface area (Å²) in [6.07, 6.45) is 4.70. The summed E-state index contributed by atoms with van der Waals surface area (Å²) in [5.74, 6) is 0.153. The van der Waals surface area contributed by atoms with Crippen LogP contribution < -0.4 is 0 Å². The molecular weight excluding hydrogens is 238 g/mol. The predicted molar refractivity (Wildman–Crippen MR) is 75.2 cm³/mol. The van der Waals surface area contributed by atoms with E-state index in [1.54, 1.807) is 4.90 Å². The first-order valence-corrected chi connectivity index (χ1v) is 7.10. The lowest BCUT2D eigenvalue weighted by Crippen LogP contribution is -2.39. The fraction of sp³-hybridized carbons (Fsp3) is 0.500. The largest absolute Gasteiger partial charge is 0.335 e. The lowest BCUT2D eigenvalue weighted by Gasteiger charge is -2.25. The zero-order valence-electron chi connectivity index (χ0n) is 11.5. The van der Waals surface area contributed by atoms with E-state index in [2.05, 4.69) is 6.92 Å². The lowest BCUT2D eigenvalue weighted by atomic mass is 10.0. The maximum Gasteiger partial charge on any atom is 0.222 e. The molecule has 0 N–H and O–H groups in total. The molecule has 1 aromatic carbocycles. The van der Waals surface area contributed by atoms with E-state index in [9.17, 15) is 9.59 Å². The van der Waals surface area contributed by atoms with Crippen molar-refractivity contribution >= 4 is 11.7 Å². The molecule has 19 heavy (non-hydrogen) atoms. The number of aryl methyl sites for hydroxylation is 1. The van der Waals surface area contributed by atoms with Crippen molar-refractivity contribution in [3.05, 3.63) is 35.4 Å². The number of hydrogen-bond donors (Lipinski definition) is 0. The van der Waals surface area contributed by atoms with Crippen LogP contribution in [0.25, 0.3) is 0 Å². The van der Waals surface area contributed by atoms with Gasteiger partial charge < -0.3 is 4.90 Å². The topological polar surface area (TPSA) is 37.4 Å². The standard InChI is InChI=1S/C16H21NO2/c1-2-5-13-7-9-14(10-8-13)15(18)12-17-11-4-3-6-16(17)19/h7-10H,2-6,11-12H2,1H3. The zero-order valence-corrected chi connectivity index (χ0v) is 11.5. The van der Waals surface area contributed by atoms with Crippen LogP contribution in [0.4, 0.5) is 0 Å². The minimum Gasteiger partial charge on any atom is -0.335 e. The van der Waals surface area contributed by atoms with Crippen LogP contribution in [0, 0.1) is 0 Å². The molecule has 0 bridgehead atoms. The summed E-state index contributed by atoms with van der Waals surface area (Å²) < 4.78 is 0. The molecule has 1 amide bonds. The average molecular weight is 259 g/mol. The molecule has 1 aromatic rings. The third-order valence-corrected chi connectivity index (χ3v) is 3.57. The second-order valence-corrected chi connectivity index (χ2v) is 5.14. The number of piperidine rings is 1. The molecule has 1 saturated heterocycles. The van der Waals surface area contributed by atoms with Crippen LogP contribution in [0.3, 0.4) is 0 Å². The number of ketones is 1. The van der Waals surface area contributed by atoms with Crippen LogP contribution >= 0.6 is 0 Å². The van der Waals surface area contributed by atoms with E-state index < -0.39 is 0 Å². The quantitative estimate of drug-likeness (QED) is 0.762. The first-order valence-electron chi connectivity index (χ1n) is 7.10. The van der Waals surface area contributed by atoms with E-state index in [4.69, 9.17) is 0 Å². The Morgan fingerprint density at radius 3 is 2.58 bits per heavy atom. The molecule has 1 heterocycles. The number of hydrogen-bond acceptors (Lipinski definition) is 2. The van der Waals surface area contributed by atoms with Gasteiger partial charge in [-0.3, -0.25) is 9.59 Å². The highest BCUT2D eigenvalue weighted by molar-refractivity contribution is 5.99. The molecular formula is C16H21NO2. The Hall–Kier alpha value is -1.64. The summed E-state index contributed by atoms with van der Waals surface area (Å²) in [5, 5.41) is 0. The van der Waals surface area contributed by atoms with Crippen molar-refractivity contribution in [2.45, 2.75) is 39.0 Å². The molecule has 1 aliphatic heterocycles. The molecule has 0 aliphatic carbocycles. The first kappa shape index (κ1) is 13.8. The summed E-state index contributed by atoms with van der Waals surface area (Å²) in [5.41, 5.74) is 1.96. The van der Waals surface area contributed by atoms with Gasteiger partial charge in [-0.15, -0.1) is 0 Å². The third-order valence-electron chi connectivity index (χ3n) is 3.57. The molecule has 0 spiro atoms. The summed E-state index contributed by atoms with van der Waals surface area (Å²) >= 11 is 0. The SMILES string of the molecule is CCCc1ccc(C(=O)CN2CCCCC2=O)cc1. The zero-order chi connectivity index (χ0) is 13.7. The van der Waals surface area contributed by atoms with Crippen molar-refractivity contribution in [1.29, 1.82) is 0 Å². The van der Waals surface area contributed by atoms with Crippen LogP contribution in [0.5, 0.6) is 0 Å². The molecule has 3 nitrogen and oxygen atoms in total. The Morgan fingerprint density at radius 1 is 1.21 bits per heavy atom. The second-order valence-electron chi connectivity index (χ2n) is 5.14. The van der Waals surface area contributed by atoms with Crippen LogP contribution in [0.1, 0.15) is 48.5 Å². The molecule has 3 heteroatoms. The molecule has 1 aliphatic rings. The number of Topliss-reactive ketones (excluding diaryl/α,β-unsaturated/α-hetero) is 1. The Balaban J connectivity index is 1.97. The minimum atomic E-state index is 0.0401. The van der Waals surface area contributed by atoms with Gasteiger partial charge in [0.25, 0.3) is 0 Å². The number of amides is 1. The number of carbonyl (C=O) groups is 2. The molecule has 1 fully saturated rings. The Labute approximate surface area is 114 Å². The van der Waals surface area contributed by atoms with Crippen LogP contribution in [0.15, 0.2) is 24.3 Å². The van der Waals surface area contributed by atoms with Gasteiger partial charge in [-0.1, -0.05) is 37.6 Å². The van der Waals surface area contributed by atoms with Gasteiger partial charge in [0.15, 0.2) is 5.78 Å². The fourth-order valence-electron chi connectivity index (χ4n) is 2.44. The number of nitrogens with zero attached hydrogens (tertiary/aromatic N) is 1. The Kier molecular flexibility index (Phi) is 4.72. The van der Waals surface area contributed by atoms with Crippen molar-refractivity contribution < 1.29 is 9.59 Å². The Bertz CT molecular complexity index is 450. The predicted octanol–water partition coefficient (Wildman–Crippen LogP) is 2.83. The molecule has 102 valence electrons. The molecule has 0 saturated carbocycles. The first-order chi connectivity index (χ1) is 9.20. The van der Waals surface area contributed by atoms with Crippen molar-refractivity contribution in [1.82, 2.24) is 4.90 Å². The van der Waals surface area contributed by atoms with Gasteiger partial charge in [-0.2, -0.15) is 0 Å². The van der Waals surface area contributed by atoms with Gasteiger partial charge in [0.05, 0.1) is 6.54 Å². The molecule has 0 atom stereocenters. The highest BCUT2D eigenvalue weighted by Crippen LogP contribution is 2.12. The van der Waals surface area contributed by atoms with E-state index in [0.717, 1.165) is 32.2 Å². The molecule has 2 rings (SSSR count). The molecule has 0 radical (unpaired) electrons. The van der Waals surface area contributed by atoms with Gasteiger partial charge in [0.1, 0.15) is 0 Å². The van der Waals surface area contributed by atoms with Gasteiger partial charge >= 0.3 is 0 Å². The van der Waals surface area contributed by atoms with Crippen molar-refractivity contribution in [2.24, 2.45) is 0 Å². The third kappa shape index (κ3) is 3.66. The highest BCUT2D eigenvalue weighted by atomic mass is 16.2. The summed E-state index contributed by atoms with van der Waals surface area (Å²) in [4.78, 5) is 25.5. The monoisotopic (exact) mass is 259 g/mol. The van der Waals surface area contributed by atoms with E-state index in [1.807, 2.05) is 24.3 Å². The maximum absolute atomic E-state index is 12.1. The van der Waals surface area contributed by atoms with Crippen LogP contribution in [-0.2, 0) is 11.2 Å². The fourth-order valence-corrected chi connectivity index (χ4v) is 2.44. The van der Waals surface area contributed by atoms with E-state index in [0.29, 0.717) is 12.0 Å². The molecule has 0 unspecified atom stereocenters. The Morgan fingerprint density at radius 2 is 1.95 bits per heavy atom. The number of benzene rings is 1. The van der Waals surface area contributed by atoms with E-state index >= 15 is 0 Å². The van der Waals surface area contributed by atoms with Crippen molar-refractivity contribution in [2.75, 3.05) is 13.1 Å². The van der Waals surface area contributed by atoms with Crippen molar-refractivity contribution in [3.8, 4) is 0 Å². The van der Waals surface area contributed by atoms with Crippen molar-refractivity contribution in [3.63, 3.8) is 0 Å². The van der Waals surface area contributed by atoms with Crippen LogP contribution in [-0.4, -0.2) is 29.7 Å². The number of carbonyl (C=O) groups excluding carboxylic acids is 2. The van der Waals surface area contributed by atoms with E-state index in [-0.39, 0.29) is 18.2 Å². The van der Waals surface area contributed by atoms with Gasteiger partial charge in [0, 0.05) is 18.5 Å². The normalized spacial score (nSPS) is 15.6. The summed E-state index contributed by atoms with van der Waals surface area (Å²) in [6.45, 7) is 3.09. The number of likely N-dealkylation sites (tertiary alicyclic amines) is 1. The molecule has 0 aromatic heterocycles. The lowest BCUT2D eigenvalue weighted by molar-refractivity contribution is -0.132. The summed E-state index contributed by atoms with van der Waals surface area (Å²) in [7, 11) is 0. The smallest absolute Gasteiger partial charge is 0.222 e. The van der Waals surface area contributed by atoms with Gasteiger partial charge in [0.2, 0.25) is 5.91 Å². The van der Waals surface area contributed by atoms with Gasteiger partial charge in [-0.05, 0) is 24.8 Å². The number of rotatable bonds is 5. The van der Waals surface area contributed by atoms with Crippen LogP contribution in [0.2, 0.25) is 0 Å². The van der Waals surface area contributed by atoms with Gasteiger partial charge in [-0.25, -0.2) is 0 Å².